The number of carbonyl (C=O) groups is 3. The van der Waals surface area contributed by atoms with Gasteiger partial charge in [-0.05, 0) is 74.0 Å². The maximum Gasteiger partial charge on any atom is 0.232 e. The molecule has 0 spiro atoms. The Hall–Kier alpha value is -1.39. The molecular formula is C31H48N2O3. The lowest BCUT2D eigenvalue weighted by molar-refractivity contribution is -0.138. The Labute approximate surface area is 218 Å². The largest absolute Gasteiger partial charge is 0.343 e. The first kappa shape index (κ1) is 24.9. The van der Waals surface area contributed by atoms with E-state index in [1.165, 1.54) is 69.1 Å². The van der Waals surface area contributed by atoms with E-state index in [0.29, 0.717) is 47.5 Å². The van der Waals surface area contributed by atoms with Crippen LogP contribution in [0.25, 0.3) is 0 Å². The summed E-state index contributed by atoms with van der Waals surface area (Å²) in [6, 6.07) is 0.322. The summed E-state index contributed by atoms with van der Waals surface area (Å²) in [6.45, 7) is 2.27. The molecule has 0 aromatic heterocycles. The summed E-state index contributed by atoms with van der Waals surface area (Å²) in [5, 5.41) is 0. The van der Waals surface area contributed by atoms with Crippen LogP contribution in [0.2, 0.25) is 0 Å². The Morgan fingerprint density at radius 2 is 0.972 bits per heavy atom. The van der Waals surface area contributed by atoms with Gasteiger partial charge < -0.3 is 4.90 Å². The van der Waals surface area contributed by atoms with Crippen molar-refractivity contribution in [1.29, 1.82) is 0 Å². The second-order valence-corrected chi connectivity index (χ2v) is 13.8. The van der Waals surface area contributed by atoms with Crippen molar-refractivity contribution in [3.63, 3.8) is 0 Å². The molecule has 4 saturated carbocycles. The normalized spacial score (nSPS) is 44.8. The molecule has 0 aromatic carbocycles. The summed E-state index contributed by atoms with van der Waals surface area (Å²) < 4.78 is 0. The molecule has 2 heterocycles. The van der Waals surface area contributed by atoms with Gasteiger partial charge in [0.15, 0.2) is 0 Å². The number of fused-ring (bicyclic) bond motifs is 2. The Morgan fingerprint density at radius 1 is 0.528 bits per heavy atom. The zero-order chi connectivity index (χ0) is 25.1. The highest BCUT2D eigenvalue weighted by atomic mass is 16.2. The third kappa shape index (κ3) is 3.97. The first-order valence-corrected chi connectivity index (χ1v) is 15.4. The van der Waals surface area contributed by atoms with Crippen molar-refractivity contribution in [1.82, 2.24) is 9.80 Å². The maximum absolute atomic E-state index is 13.3. The molecule has 3 amide bonds. The van der Waals surface area contributed by atoms with Gasteiger partial charge in [-0.1, -0.05) is 64.2 Å². The number of carbonyl (C=O) groups excluding carboxylic acids is 3. The smallest absolute Gasteiger partial charge is 0.232 e. The Kier molecular flexibility index (Phi) is 6.73. The van der Waals surface area contributed by atoms with E-state index in [4.69, 9.17) is 0 Å². The average Bonchev–Trinajstić information content (AvgIpc) is 3.27. The SMILES string of the molecule is CC1C2CC(C3CC4C(=O)N(C)C(=O)C4CC3C3CCCCC3)C(C3CCCCC3)CC2C(=O)N1C. The molecule has 5 nitrogen and oxygen atoms in total. The molecule has 0 N–H and O–H groups in total. The number of imide groups is 1. The second kappa shape index (κ2) is 9.73. The zero-order valence-electron chi connectivity index (χ0n) is 22.9. The van der Waals surface area contributed by atoms with Gasteiger partial charge >= 0.3 is 0 Å². The van der Waals surface area contributed by atoms with E-state index >= 15 is 0 Å². The van der Waals surface area contributed by atoms with E-state index < -0.39 is 0 Å². The molecule has 6 aliphatic rings. The molecule has 6 fully saturated rings. The highest BCUT2D eigenvalue weighted by molar-refractivity contribution is 6.04. The molecule has 9 atom stereocenters. The quantitative estimate of drug-likeness (QED) is 0.483. The van der Waals surface area contributed by atoms with Crippen LogP contribution in [0, 0.1) is 59.2 Å². The van der Waals surface area contributed by atoms with E-state index in [9.17, 15) is 14.4 Å². The molecule has 0 radical (unpaired) electrons. The zero-order valence-corrected chi connectivity index (χ0v) is 22.9. The van der Waals surface area contributed by atoms with Crippen LogP contribution in [0.1, 0.15) is 96.8 Å². The van der Waals surface area contributed by atoms with Gasteiger partial charge in [-0.3, -0.25) is 19.3 Å². The number of nitrogens with zero attached hydrogens (tertiary/aromatic N) is 2. The van der Waals surface area contributed by atoms with Crippen LogP contribution in [0.3, 0.4) is 0 Å². The fourth-order valence-electron chi connectivity index (χ4n) is 10.5. The van der Waals surface area contributed by atoms with Crippen molar-refractivity contribution in [3.05, 3.63) is 0 Å². The summed E-state index contributed by atoms with van der Waals surface area (Å²) in [7, 11) is 3.73. The molecule has 9 unspecified atom stereocenters. The van der Waals surface area contributed by atoms with Crippen LogP contribution in [-0.4, -0.2) is 47.7 Å². The highest BCUT2D eigenvalue weighted by Crippen LogP contribution is 2.59. The van der Waals surface area contributed by atoms with Crippen molar-refractivity contribution in [2.45, 2.75) is 103 Å². The minimum Gasteiger partial charge on any atom is -0.343 e. The van der Waals surface area contributed by atoms with Crippen molar-refractivity contribution in [3.8, 4) is 0 Å². The third-order valence-electron chi connectivity index (χ3n) is 12.5. The van der Waals surface area contributed by atoms with Gasteiger partial charge in [0.1, 0.15) is 0 Å². The van der Waals surface area contributed by atoms with Crippen molar-refractivity contribution in [2.24, 2.45) is 59.2 Å². The summed E-state index contributed by atoms with van der Waals surface area (Å²) in [4.78, 5) is 43.1. The summed E-state index contributed by atoms with van der Waals surface area (Å²) >= 11 is 0. The molecule has 200 valence electrons. The monoisotopic (exact) mass is 496 g/mol. The standard InChI is InChI=1S/C31H48N2O3/c1-18-21-14-24(22(19-10-6-4-7-11-19)15-26(21)29(34)32(18)2)25-17-28-27(30(35)33(3)31(28)36)16-23(25)20-12-8-5-9-13-20/h18-28H,4-17H2,1-3H3. The van der Waals surface area contributed by atoms with Gasteiger partial charge in [-0.2, -0.15) is 0 Å². The van der Waals surface area contributed by atoms with Crippen LogP contribution in [0.5, 0.6) is 0 Å². The van der Waals surface area contributed by atoms with Gasteiger partial charge in [0.2, 0.25) is 17.7 Å². The maximum atomic E-state index is 13.3. The van der Waals surface area contributed by atoms with E-state index in [1.54, 1.807) is 7.05 Å². The molecule has 5 heteroatoms. The van der Waals surface area contributed by atoms with Gasteiger partial charge in [-0.15, -0.1) is 0 Å². The first-order chi connectivity index (χ1) is 17.4. The van der Waals surface area contributed by atoms with Crippen molar-refractivity contribution in [2.75, 3.05) is 14.1 Å². The summed E-state index contributed by atoms with van der Waals surface area (Å²) in [6.07, 6.45) is 17.4. The number of likely N-dealkylation sites (tertiary alicyclic amines) is 2. The number of hydrogen-bond acceptors (Lipinski definition) is 3. The van der Waals surface area contributed by atoms with Gasteiger partial charge in [0, 0.05) is 26.1 Å². The minimum atomic E-state index is -0.0950. The average molecular weight is 497 g/mol. The van der Waals surface area contributed by atoms with Crippen LogP contribution >= 0.6 is 0 Å². The van der Waals surface area contributed by atoms with Crippen LogP contribution in [0.15, 0.2) is 0 Å². The second-order valence-electron chi connectivity index (χ2n) is 13.8. The van der Waals surface area contributed by atoms with Crippen LogP contribution in [-0.2, 0) is 14.4 Å². The fourth-order valence-corrected chi connectivity index (χ4v) is 10.5. The van der Waals surface area contributed by atoms with E-state index in [2.05, 4.69) is 6.92 Å². The minimum absolute atomic E-state index is 0.0757. The van der Waals surface area contributed by atoms with Gasteiger partial charge in [-0.25, -0.2) is 0 Å². The predicted octanol–water partition coefficient (Wildman–Crippen LogP) is 5.52. The Balaban J connectivity index is 1.35. The molecular weight excluding hydrogens is 448 g/mol. The van der Waals surface area contributed by atoms with Crippen LogP contribution in [0.4, 0.5) is 0 Å². The van der Waals surface area contributed by atoms with E-state index in [1.807, 2.05) is 11.9 Å². The molecule has 4 aliphatic carbocycles. The number of rotatable bonds is 3. The Bertz CT molecular complexity index is 875. The summed E-state index contributed by atoms with van der Waals surface area (Å²) in [5.41, 5.74) is 0. The fraction of sp³-hybridized carbons (Fsp3) is 0.903. The highest BCUT2D eigenvalue weighted by Gasteiger charge is 2.58. The lowest BCUT2D eigenvalue weighted by atomic mass is 9.52. The third-order valence-corrected chi connectivity index (χ3v) is 12.5. The lowest BCUT2D eigenvalue weighted by Gasteiger charge is -2.52. The topological polar surface area (TPSA) is 57.7 Å². The van der Waals surface area contributed by atoms with Gasteiger partial charge in [0.05, 0.1) is 11.8 Å². The number of hydrogen-bond donors (Lipinski definition) is 0. The summed E-state index contributed by atoms with van der Waals surface area (Å²) in [5.74, 6) is 4.86. The predicted molar refractivity (Wildman–Crippen MR) is 140 cm³/mol. The molecule has 2 aliphatic heterocycles. The van der Waals surface area contributed by atoms with E-state index in [0.717, 1.165) is 31.6 Å². The van der Waals surface area contributed by atoms with E-state index in [-0.39, 0.29) is 29.6 Å². The molecule has 2 saturated heterocycles. The molecule has 0 bridgehead atoms. The van der Waals surface area contributed by atoms with Gasteiger partial charge in [0.25, 0.3) is 0 Å². The van der Waals surface area contributed by atoms with Crippen molar-refractivity contribution < 1.29 is 14.4 Å². The van der Waals surface area contributed by atoms with Crippen molar-refractivity contribution >= 4 is 17.7 Å². The Morgan fingerprint density at radius 3 is 1.50 bits per heavy atom. The van der Waals surface area contributed by atoms with Crippen LogP contribution < -0.4 is 0 Å². The molecule has 36 heavy (non-hydrogen) atoms. The molecule has 0 aromatic rings. The lowest BCUT2D eigenvalue weighted by Crippen LogP contribution is -2.47. The number of amides is 3. The molecule has 6 rings (SSSR count). The first-order valence-electron chi connectivity index (χ1n) is 15.4.